The van der Waals surface area contributed by atoms with Crippen LogP contribution in [0.2, 0.25) is 0 Å². The van der Waals surface area contributed by atoms with Crippen molar-refractivity contribution in [2.75, 3.05) is 0 Å². The molecule has 2 heteroatoms. The Morgan fingerprint density at radius 2 is 0.941 bits per heavy atom. The molecule has 51 heavy (non-hydrogen) atoms. The van der Waals surface area contributed by atoms with Crippen LogP contribution in [0.5, 0.6) is 0 Å². The molecule has 0 radical (unpaired) electrons. The minimum Gasteiger partial charge on any atom is -0.228 e. The molecule has 240 valence electrons. The highest BCUT2D eigenvalue weighted by molar-refractivity contribution is 6.05. The summed E-state index contributed by atoms with van der Waals surface area (Å²) in [6.45, 7) is 4.62. The Labute approximate surface area is 298 Å². The average molecular weight is 651 g/mol. The summed E-state index contributed by atoms with van der Waals surface area (Å²) < 4.78 is 0. The van der Waals surface area contributed by atoms with Gasteiger partial charge in [0.05, 0.1) is 11.4 Å². The fourth-order valence-corrected chi connectivity index (χ4v) is 7.29. The van der Waals surface area contributed by atoms with E-state index in [2.05, 4.69) is 158 Å². The molecule has 0 saturated heterocycles. The fourth-order valence-electron chi connectivity index (χ4n) is 7.29. The smallest absolute Gasteiger partial charge is 0.160 e. The van der Waals surface area contributed by atoms with Crippen molar-refractivity contribution in [1.29, 1.82) is 0 Å². The van der Waals surface area contributed by atoms with Gasteiger partial charge in [-0.1, -0.05) is 189 Å². The lowest BCUT2D eigenvalue weighted by atomic mass is 9.75. The van der Waals surface area contributed by atoms with Crippen molar-refractivity contribution in [1.82, 2.24) is 9.97 Å². The summed E-state index contributed by atoms with van der Waals surface area (Å²) in [5.74, 6) is 0.814. The van der Waals surface area contributed by atoms with E-state index in [1.165, 1.54) is 38.6 Å². The molecule has 0 saturated carbocycles. The minimum atomic E-state index is 0.104. The third-order valence-electron chi connectivity index (χ3n) is 9.95. The van der Waals surface area contributed by atoms with Crippen LogP contribution in [0.1, 0.15) is 28.2 Å². The molecule has 0 fully saturated rings. The van der Waals surface area contributed by atoms with E-state index in [1.807, 2.05) is 36.4 Å². The normalized spacial score (nSPS) is 13.8. The van der Waals surface area contributed by atoms with Crippen molar-refractivity contribution in [3.63, 3.8) is 0 Å². The standard InChI is InChI=1S/C49H34N2/c1-33-42-30-29-37-15-11-12-20-43(37)48(42)45(31-44(33)36-13-5-2-6-14-36)38-25-21-34(22-26-38)35-23-27-41(28-24-35)49-50-46(39-16-7-3-8-17-39)32-47(51-49)40-18-9-4-10-19-40/h2-32,44H,1H2. The summed E-state index contributed by atoms with van der Waals surface area (Å²) in [5, 5.41) is 2.49. The van der Waals surface area contributed by atoms with Gasteiger partial charge in [0, 0.05) is 22.6 Å². The SMILES string of the molecule is C=C1c2ccc3ccccc3c2C(c2ccc(-c3ccc(-c4nc(-c5ccccc5)cc(-c5ccccc5)n4)cc3)cc2)=CC1c1ccccc1. The average Bonchev–Trinajstić information content (AvgIpc) is 3.22. The van der Waals surface area contributed by atoms with Gasteiger partial charge < -0.3 is 0 Å². The Balaban J connectivity index is 1.07. The van der Waals surface area contributed by atoms with Crippen LogP contribution in [0, 0.1) is 0 Å². The summed E-state index contributed by atoms with van der Waals surface area (Å²) in [6.07, 6.45) is 2.41. The zero-order valence-electron chi connectivity index (χ0n) is 28.1. The van der Waals surface area contributed by atoms with Crippen molar-refractivity contribution in [2.24, 2.45) is 0 Å². The van der Waals surface area contributed by atoms with E-state index >= 15 is 0 Å². The molecule has 0 N–H and O–H groups in total. The van der Waals surface area contributed by atoms with Gasteiger partial charge in [-0.2, -0.15) is 0 Å². The number of hydrogen-bond donors (Lipinski definition) is 0. The first-order chi connectivity index (χ1) is 25.2. The van der Waals surface area contributed by atoms with Crippen LogP contribution >= 0.6 is 0 Å². The molecule has 1 aliphatic rings. The summed E-state index contributed by atoms with van der Waals surface area (Å²) in [6, 6.07) is 64.1. The first kappa shape index (κ1) is 30.4. The van der Waals surface area contributed by atoms with Gasteiger partial charge in [0.1, 0.15) is 0 Å². The summed E-state index contributed by atoms with van der Waals surface area (Å²) in [7, 11) is 0. The number of benzene rings is 7. The quantitative estimate of drug-likeness (QED) is 0.179. The molecule has 1 atom stereocenters. The van der Waals surface area contributed by atoms with Crippen molar-refractivity contribution in [3.8, 4) is 45.0 Å². The van der Waals surface area contributed by atoms with E-state index in [9.17, 15) is 0 Å². The molecule has 1 heterocycles. The summed E-state index contributed by atoms with van der Waals surface area (Å²) in [5.41, 5.74) is 14.5. The molecular weight excluding hydrogens is 617 g/mol. The van der Waals surface area contributed by atoms with E-state index < -0.39 is 0 Å². The van der Waals surface area contributed by atoms with Gasteiger partial charge in [-0.3, -0.25) is 0 Å². The van der Waals surface area contributed by atoms with Crippen molar-refractivity contribution >= 4 is 21.9 Å². The molecule has 1 aromatic heterocycles. The summed E-state index contributed by atoms with van der Waals surface area (Å²) >= 11 is 0. The van der Waals surface area contributed by atoms with E-state index in [-0.39, 0.29) is 5.92 Å². The molecule has 0 spiro atoms. The van der Waals surface area contributed by atoms with Crippen LogP contribution < -0.4 is 0 Å². The number of aromatic nitrogens is 2. The molecule has 1 aliphatic carbocycles. The van der Waals surface area contributed by atoms with Gasteiger partial charge in [-0.15, -0.1) is 0 Å². The predicted molar refractivity (Wildman–Crippen MR) is 213 cm³/mol. The zero-order chi connectivity index (χ0) is 34.1. The Morgan fingerprint density at radius 3 is 1.55 bits per heavy atom. The van der Waals surface area contributed by atoms with Gasteiger partial charge in [0.15, 0.2) is 5.82 Å². The predicted octanol–water partition coefficient (Wildman–Crippen LogP) is 12.5. The Bertz CT molecular complexity index is 2490. The second-order valence-electron chi connectivity index (χ2n) is 13.1. The number of allylic oxidation sites excluding steroid dienone is 2. The van der Waals surface area contributed by atoms with E-state index in [4.69, 9.17) is 9.97 Å². The highest BCUT2D eigenvalue weighted by Crippen LogP contribution is 2.47. The molecule has 1 unspecified atom stereocenters. The van der Waals surface area contributed by atoms with Gasteiger partial charge >= 0.3 is 0 Å². The third kappa shape index (κ3) is 5.77. The van der Waals surface area contributed by atoms with Gasteiger partial charge in [0.25, 0.3) is 0 Å². The molecule has 9 rings (SSSR count). The van der Waals surface area contributed by atoms with Gasteiger partial charge in [0.2, 0.25) is 0 Å². The minimum absolute atomic E-state index is 0.104. The van der Waals surface area contributed by atoms with E-state index in [0.717, 1.165) is 44.8 Å². The third-order valence-corrected chi connectivity index (χ3v) is 9.95. The second-order valence-corrected chi connectivity index (χ2v) is 13.1. The topological polar surface area (TPSA) is 25.8 Å². The molecular formula is C49H34N2. The highest BCUT2D eigenvalue weighted by atomic mass is 14.9. The maximum atomic E-state index is 5.01. The van der Waals surface area contributed by atoms with Crippen LogP contribution in [0.25, 0.3) is 66.9 Å². The first-order valence-electron chi connectivity index (χ1n) is 17.4. The van der Waals surface area contributed by atoms with Crippen molar-refractivity contribution < 1.29 is 0 Å². The lowest BCUT2D eigenvalue weighted by Crippen LogP contribution is -2.09. The molecule has 0 bridgehead atoms. The van der Waals surface area contributed by atoms with E-state index in [0.29, 0.717) is 5.82 Å². The molecule has 0 amide bonds. The van der Waals surface area contributed by atoms with Gasteiger partial charge in [-0.25, -0.2) is 9.97 Å². The largest absolute Gasteiger partial charge is 0.228 e. The zero-order valence-corrected chi connectivity index (χ0v) is 28.1. The van der Waals surface area contributed by atoms with E-state index in [1.54, 1.807) is 0 Å². The monoisotopic (exact) mass is 650 g/mol. The first-order valence-corrected chi connectivity index (χ1v) is 17.4. The fraction of sp³-hybridized carbons (Fsp3) is 0.0204. The number of hydrogen-bond acceptors (Lipinski definition) is 2. The number of fused-ring (bicyclic) bond motifs is 3. The Kier molecular flexibility index (Phi) is 7.75. The maximum Gasteiger partial charge on any atom is 0.160 e. The molecule has 8 aromatic rings. The highest BCUT2D eigenvalue weighted by Gasteiger charge is 2.26. The van der Waals surface area contributed by atoms with Crippen LogP contribution in [0.3, 0.4) is 0 Å². The van der Waals surface area contributed by atoms with Crippen LogP contribution in [0.4, 0.5) is 0 Å². The lowest BCUT2D eigenvalue weighted by molar-refractivity contribution is 1.09. The molecule has 2 nitrogen and oxygen atoms in total. The maximum absolute atomic E-state index is 5.01. The summed E-state index contributed by atoms with van der Waals surface area (Å²) in [4.78, 5) is 10.0. The Hall–Kier alpha value is -6.64. The molecule has 7 aromatic carbocycles. The van der Waals surface area contributed by atoms with Crippen molar-refractivity contribution in [2.45, 2.75) is 5.92 Å². The number of rotatable bonds is 6. The van der Waals surface area contributed by atoms with Gasteiger partial charge in [-0.05, 0) is 61.4 Å². The lowest BCUT2D eigenvalue weighted by Gasteiger charge is -2.28. The second kappa shape index (κ2) is 13.0. The van der Waals surface area contributed by atoms with Crippen molar-refractivity contribution in [3.05, 3.63) is 217 Å². The van der Waals surface area contributed by atoms with Crippen LogP contribution in [0.15, 0.2) is 195 Å². The Morgan fingerprint density at radius 1 is 0.431 bits per heavy atom. The van der Waals surface area contributed by atoms with Crippen LogP contribution in [-0.2, 0) is 0 Å². The van der Waals surface area contributed by atoms with Crippen LogP contribution in [-0.4, -0.2) is 9.97 Å². The number of nitrogens with zero attached hydrogens (tertiary/aromatic N) is 2. The molecule has 0 aliphatic heterocycles.